The summed E-state index contributed by atoms with van der Waals surface area (Å²) in [5, 5.41) is 3.15. The highest BCUT2D eigenvalue weighted by Crippen LogP contribution is 2.42. The van der Waals surface area contributed by atoms with Gasteiger partial charge in [-0.15, -0.1) is 0 Å². The number of hydrogen-bond acceptors (Lipinski definition) is 1. The molecule has 0 aliphatic heterocycles. The molecule has 0 spiro atoms. The molecule has 0 aliphatic carbocycles. The van der Waals surface area contributed by atoms with E-state index in [1.54, 1.807) is 24.3 Å². The molecule has 0 amide bonds. The highest BCUT2D eigenvalue weighted by molar-refractivity contribution is 6.50. The summed E-state index contributed by atoms with van der Waals surface area (Å²) in [5.74, 6) is 0. The second kappa shape index (κ2) is 3.96. The third-order valence-corrected chi connectivity index (χ3v) is 4.19. The molecule has 3 aromatic rings. The SMILES string of the molecule is Clc1ccc2oc3ccc(Cl)c(Cl)c3c2c1Cl. The van der Waals surface area contributed by atoms with Crippen molar-refractivity contribution < 1.29 is 4.42 Å². The summed E-state index contributed by atoms with van der Waals surface area (Å²) < 4.78 is 5.64. The van der Waals surface area contributed by atoms with Gasteiger partial charge in [-0.3, -0.25) is 0 Å². The van der Waals surface area contributed by atoms with Crippen LogP contribution in [0.3, 0.4) is 0 Å². The van der Waals surface area contributed by atoms with Crippen LogP contribution >= 0.6 is 46.4 Å². The van der Waals surface area contributed by atoms with Crippen LogP contribution in [0.4, 0.5) is 0 Å². The van der Waals surface area contributed by atoms with Gasteiger partial charge in [-0.1, -0.05) is 46.4 Å². The minimum absolute atomic E-state index is 0.423. The Labute approximate surface area is 117 Å². The van der Waals surface area contributed by atoms with Crippen molar-refractivity contribution in [2.45, 2.75) is 0 Å². The Bertz CT molecular complexity index is 683. The third-order valence-electron chi connectivity index (χ3n) is 2.58. The summed E-state index contributed by atoms with van der Waals surface area (Å²) in [5.41, 5.74) is 1.28. The van der Waals surface area contributed by atoms with E-state index in [0.29, 0.717) is 42.0 Å². The lowest BCUT2D eigenvalue weighted by Crippen LogP contribution is -1.74. The lowest BCUT2D eigenvalue weighted by atomic mass is 10.1. The van der Waals surface area contributed by atoms with E-state index < -0.39 is 0 Å². The van der Waals surface area contributed by atoms with E-state index >= 15 is 0 Å². The zero-order chi connectivity index (χ0) is 12.2. The summed E-state index contributed by atoms with van der Waals surface area (Å²) in [7, 11) is 0. The second-order valence-electron chi connectivity index (χ2n) is 3.57. The molecule has 0 bridgehead atoms. The van der Waals surface area contributed by atoms with Crippen LogP contribution in [-0.4, -0.2) is 0 Å². The quantitative estimate of drug-likeness (QED) is 0.482. The number of benzene rings is 2. The van der Waals surface area contributed by atoms with Crippen molar-refractivity contribution in [1.82, 2.24) is 0 Å². The third kappa shape index (κ3) is 1.61. The molecular weight excluding hydrogens is 302 g/mol. The fourth-order valence-electron chi connectivity index (χ4n) is 1.82. The van der Waals surface area contributed by atoms with Crippen molar-refractivity contribution in [2.75, 3.05) is 0 Å². The van der Waals surface area contributed by atoms with Gasteiger partial charge >= 0.3 is 0 Å². The lowest BCUT2D eigenvalue weighted by Gasteiger charge is -1.99. The van der Waals surface area contributed by atoms with E-state index in [1.807, 2.05) is 0 Å². The molecule has 0 saturated heterocycles. The Morgan fingerprint density at radius 3 is 1.47 bits per heavy atom. The van der Waals surface area contributed by atoms with Gasteiger partial charge in [0.2, 0.25) is 0 Å². The molecule has 0 unspecified atom stereocenters. The number of rotatable bonds is 0. The predicted octanol–water partition coefficient (Wildman–Crippen LogP) is 6.20. The minimum atomic E-state index is 0.423. The number of halogens is 4. The molecule has 3 rings (SSSR count). The normalized spacial score (nSPS) is 11.5. The first-order valence-electron chi connectivity index (χ1n) is 4.74. The topological polar surface area (TPSA) is 13.1 Å². The Morgan fingerprint density at radius 2 is 1.06 bits per heavy atom. The smallest absolute Gasteiger partial charge is 0.137 e. The molecule has 1 nitrogen and oxygen atoms in total. The molecule has 0 N–H and O–H groups in total. The van der Waals surface area contributed by atoms with Crippen molar-refractivity contribution in [1.29, 1.82) is 0 Å². The number of furan rings is 1. The van der Waals surface area contributed by atoms with Gasteiger partial charge in [-0.2, -0.15) is 0 Å². The summed E-state index contributed by atoms with van der Waals surface area (Å²) >= 11 is 24.3. The van der Waals surface area contributed by atoms with Gasteiger partial charge in [0, 0.05) is 10.8 Å². The first kappa shape index (κ1) is 11.5. The number of fused-ring (bicyclic) bond motifs is 3. The molecule has 86 valence electrons. The summed E-state index contributed by atoms with van der Waals surface area (Å²) in [6, 6.07) is 6.88. The summed E-state index contributed by atoms with van der Waals surface area (Å²) in [6.45, 7) is 0. The average molecular weight is 306 g/mol. The minimum Gasteiger partial charge on any atom is -0.456 e. The van der Waals surface area contributed by atoms with Gasteiger partial charge in [0.1, 0.15) is 11.2 Å². The molecule has 0 aliphatic rings. The van der Waals surface area contributed by atoms with Crippen LogP contribution < -0.4 is 0 Å². The molecule has 1 aromatic heterocycles. The molecule has 1 heterocycles. The van der Waals surface area contributed by atoms with Crippen molar-refractivity contribution in [3.63, 3.8) is 0 Å². The predicted molar refractivity (Wildman–Crippen MR) is 73.8 cm³/mol. The van der Waals surface area contributed by atoms with Crippen LogP contribution in [0, 0.1) is 0 Å². The van der Waals surface area contributed by atoms with Crippen molar-refractivity contribution in [3.8, 4) is 0 Å². The molecule has 2 aromatic carbocycles. The molecule has 0 fully saturated rings. The van der Waals surface area contributed by atoms with Crippen molar-refractivity contribution >= 4 is 68.3 Å². The van der Waals surface area contributed by atoms with E-state index in [0.717, 1.165) is 0 Å². The fraction of sp³-hybridized carbons (Fsp3) is 0. The van der Waals surface area contributed by atoms with Crippen LogP contribution in [0.5, 0.6) is 0 Å². The zero-order valence-electron chi connectivity index (χ0n) is 8.23. The van der Waals surface area contributed by atoms with Crippen LogP contribution in [0.1, 0.15) is 0 Å². The second-order valence-corrected chi connectivity index (χ2v) is 5.14. The Balaban J connectivity index is 2.65. The van der Waals surface area contributed by atoms with E-state index in [9.17, 15) is 0 Å². The van der Waals surface area contributed by atoms with Gasteiger partial charge in [0.25, 0.3) is 0 Å². The first-order valence-corrected chi connectivity index (χ1v) is 6.25. The first-order chi connectivity index (χ1) is 8.09. The van der Waals surface area contributed by atoms with E-state index in [2.05, 4.69) is 0 Å². The average Bonchev–Trinajstić information content (AvgIpc) is 2.69. The monoisotopic (exact) mass is 304 g/mol. The summed E-state index contributed by atoms with van der Waals surface area (Å²) in [4.78, 5) is 0. The maximum Gasteiger partial charge on any atom is 0.137 e. The van der Waals surface area contributed by atoms with Crippen LogP contribution in [0.25, 0.3) is 21.9 Å². The largest absolute Gasteiger partial charge is 0.456 e. The zero-order valence-corrected chi connectivity index (χ0v) is 11.3. The molecule has 0 atom stereocenters. The molecule has 0 saturated carbocycles. The molecular formula is C12H4Cl4O. The summed E-state index contributed by atoms with van der Waals surface area (Å²) in [6.07, 6.45) is 0. The van der Waals surface area contributed by atoms with Crippen molar-refractivity contribution in [2.24, 2.45) is 0 Å². The van der Waals surface area contributed by atoms with Gasteiger partial charge in [-0.05, 0) is 24.3 Å². The Hall–Kier alpha value is -0.600. The van der Waals surface area contributed by atoms with Gasteiger partial charge in [0.05, 0.1) is 20.1 Å². The molecule has 17 heavy (non-hydrogen) atoms. The highest BCUT2D eigenvalue weighted by atomic mass is 35.5. The lowest BCUT2D eigenvalue weighted by molar-refractivity contribution is 0.669. The molecule has 5 heteroatoms. The van der Waals surface area contributed by atoms with Gasteiger partial charge in [-0.25, -0.2) is 0 Å². The standard InChI is InChI=1S/C12H4Cl4O/c13-5-1-3-7-9(11(5)15)10-8(17-7)4-2-6(14)12(10)16/h1-4H. The highest BCUT2D eigenvalue weighted by Gasteiger charge is 2.16. The Morgan fingerprint density at radius 1 is 0.647 bits per heavy atom. The number of hydrogen-bond donors (Lipinski definition) is 0. The van der Waals surface area contributed by atoms with Crippen LogP contribution in [0.15, 0.2) is 28.7 Å². The van der Waals surface area contributed by atoms with E-state index in [4.69, 9.17) is 50.8 Å². The Kier molecular flexibility index (Phi) is 2.68. The van der Waals surface area contributed by atoms with Crippen LogP contribution in [0.2, 0.25) is 20.1 Å². The fourth-order valence-corrected chi connectivity index (χ4v) is 2.64. The van der Waals surface area contributed by atoms with Crippen LogP contribution in [-0.2, 0) is 0 Å². The van der Waals surface area contributed by atoms with Gasteiger partial charge < -0.3 is 4.42 Å². The maximum atomic E-state index is 6.18. The van der Waals surface area contributed by atoms with Crippen molar-refractivity contribution in [3.05, 3.63) is 44.4 Å². The van der Waals surface area contributed by atoms with Gasteiger partial charge in [0.15, 0.2) is 0 Å². The maximum absolute atomic E-state index is 6.18. The molecule has 0 radical (unpaired) electrons. The van der Waals surface area contributed by atoms with E-state index in [1.165, 1.54) is 0 Å². The van der Waals surface area contributed by atoms with E-state index in [-0.39, 0.29) is 0 Å².